The van der Waals surface area contributed by atoms with Gasteiger partial charge in [-0.3, -0.25) is 4.90 Å². The SMILES string of the molecule is C[C@@H]1CCN2COCCC[C@@H]2C1. The van der Waals surface area contributed by atoms with Gasteiger partial charge in [-0.2, -0.15) is 0 Å². The highest BCUT2D eigenvalue weighted by molar-refractivity contribution is 4.79. The maximum absolute atomic E-state index is 5.53. The highest BCUT2D eigenvalue weighted by Crippen LogP contribution is 2.26. The van der Waals surface area contributed by atoms with Gasteiger partial charge in [0.15, 0.2) is 0 Å². The monoisotopic (exact) mass is 169 g/mol. The predicted molar refractivity (Wildman–Crippen MR) is 48.9 cm³/mol. The molecule has 2 atom stereocenters. The third-order valence-electron chi connectivity index (χ3n) is 3.18. The summed E-state index contributed by atoms with van der Waals surface area (Å²) in [4.78, 5) is 2.52. The van der Waals surface area contributed by atoms with Crippen molar-refractivity contribution in [3.8, 4) is 0 Å². The van der Waals surface area contributed by atoms with Crippen LogP contribution in [0.5, 0.6) is 0 Å². The Morgan fingerprint density at radius 1 is 1.33 bits per heavy atom. The Bertz CT molecular complexity index is 149. The zero-order valence-electron chi connectivity index (χ0n) is 7.96. The van der Waals surface area contributed by atoms with Crippen molar-refractivity contribution in [2.45, 2.75) is 38.6 Å². The lowest BCUT2D eigenvalue weighted by molar-refractivity contribution is 0.00617. The van der Waals surface area contributed by atoms with Crippen LogP contribution in [0, 0.1) is 5.92 Å². The van der Waals surface area contributed by atoms with Crippen LogP contribution in [-0.2, 0) is 4.74 Å². The highest BCUT2D eigenvalue weighted by Gasteiger charge is 2.27. The molecule has 2 aliphatic rings. The maximum atomic E-state index is 5.53. The van der Waals surface area contributed by atoms with Crippen molar-refractivity contribution in [1.82, 2.24) is 4.90 Å². The molecular formula is C10H19NO. The minimum Gasteiger partial charge on any atom is -0.366 e. The molecular weight excluding hydrogens is 150 g/mol. The van der Waals surface area contributed by atoms with Gasteiger partial charge in [0, 0.05) is 19.2 Å². The second kappa shape index (κ2) is 3.75. The summed E-state index contributed by atoms with van der Waals surface area (Å²) in [5.74, 6) is 0.935. The molecule has 12 heavy (non-hydrogen) atoms. The standard InChI is InChI=1S/C10H19NO/c1-9-4-5-11-8-12-6-2-3-10(11)7-9/h9-10H,2-8H2,1H3/t9-,10-/m1/s1. The van der Waals surface area contributed by atoms with Crippen LogP contribution in [-0.4, -0.2) is 30.8 Å². The molecule has 0 aromatic rings. The number of rotatable bonds is 0. The van der Waals surface area contributed by atoms with E-state index in [1.165, 1.54) is 32.2 Å². The van der Waals surface area contributed by atoms with E-state index in [9.17, 15) is 0 Å². The molecule has 2 saturated heterocycles. The Balaban J connectivity index is 1.94. The quantitative estimate of drug-likeness (QED) is 0.549. The van der Waals surface area contributed by atoms with Gasteiger partial charge in [-0.25, -0.2) is 0 Å². The van der Waals surface area contributed by atoms with E-state index in [4.69, 9.17) is 4.74 Å². The smallest absolute Gasteiger partial charge is 0.0992 e. The Kier molecular flexibility index (Phi) is 2.66. The van der Waals surface area contributed by atoms with E-state index in [2.05, 4.69) is 11.8 Å². The average Bonchev–Trinajstić information content (AvgIpc) is 2.28. The molecule has 0 aliphatic carbocycles. The van der Waals surface area contributed by atoms with Crippen LogP contribution in [0.4, 0.5) is 0 Å². The van der Waals surface area contributed by atoms with Gasteiger partial charge in [0.2, 0.25) is 0 Å². The van der Waals surface area contributed by atoms with Gasteiger partial charge in [-0.05, 0) is 31.6 Å². The molecule has 70 valence electrons. The molecule has 2 heteroatoms. The van der Waals surface area contributed by atoms with Crippen molar-refractivity contribution >= 4 is 0 Å². The minimum atomic E-state index is 0.830. The Morgan fingerprint density at radius 3 is 3.17 bits per heavy atom. The highest BCUT2D eigenvalue weighted by atomic mass is 16.5. The Hall–Kier alpha value is -0.0800. The summed E-state index contributed by atoms with van der Waals surface area (Å²) in [6.07, 6.45) is 5.36. The van der Waals surface area contributed by atoms with E-state index in [1.807, 2.05) is 0 Å². The molecule has 0 N–H and O–H groups in total. The Morgan fingerprint density at radius 2 is 2.25 bits per heavy atom. The topological polar surface area (TPSA) is 12.5 Å². The number of nitrogens with zero attached hydrogens (tertiary/aromatic N) is 1. The van der Waals surface area contributed by atoms with Gasteiger partial charge in [-0.15, -0.1) is 0 Å². The molecule has 2 nitrogen and oxygen atoms in total. The fraction of sp³-hybridized carbons (Fsp3) is 1.00. The molecule has 0 amide bonds. The molecule has 0 bridgehead atoms. The molecule has 0 spiro atoms. The van der Waals surface area contributed by atoms with E-state index in [0.29, 0.717) is 0 Å². The third kappa shape index (κ3) is 1.80. The number of ether oxygens (including phenoxy) is 1. The largest absolute Gasteiger partial charge is 0.366 e. The summed E-state index contributed by atoms with van der Waals surface area (Å²) < 4.78 is 5.53. The lowest BCUT2D eigenvalue weighted by Gasteiger charge is -2.36. The molecule has 0 unspecified atom stereocenters. The fourth-order valence-corrected chi connectivity index (χ4v) is 2.37. The summed E-state index contributed by atoms with van der Waals surface area (Å²) >= 11 is 0. The van der Waals surface area contributed by atoms with Crippen molar-refractivity contribution < 1.29 is 4.74 Å². The van der Waals surface area contributed by atoms with Gasteiger partial charge in [-0.1, -0.05) is 6.92 Å². The Labute approximate surface area is 74.9 Å². The number of fused-ring (bicyclic) bond motifs is 1. The number of hydrogen-bond donors (Lipinski definition) is 0. The van der Waals surface area contributed by atoms with E-state index in [1.54, 1.807) is 0 Å². The lowest BCUT2D eigenvalue weighted by atomic mass is 9.91. The molecule has 2 rings (SSSR count). The average molecular weight is 169 g/mol. The van der Waals surface area contributed by atoms with E-state index < -0.39 is 0 Å². The van der Waals surface area contributed by atoms with E-state index >= 15 is 0 Å². The van der Waals surface area contributed by atoms with E-state index in [0.717, 1.165) is 25.3 Å². The van der Waals surface area contributed by atoms with Gasteiger partial charge in [0.25, 0.3) is 0 Å². The van der Waals surface area contributed by atoms with Gasteiger partial charge < -0.3 is 4.74 Å². The van der Waals surface area contributed by atoms with Gasteiger partial charge in [0.05, 0.1) is 6.73 Å². The summed E-state index contributed by atoms with van der Waals surface area (Å²) in [6, 6.07) is 0.830. The summed E-state index contributed by atoms with van der Waals surface area (Å²) in [5.41, 5.74) is 0. The molecule has 0 saturated carbocycles. The van der Waals surface area contributed by atoms with Crippen LogP contribution in [0.25, 0.3) is 0 Å². The van der Waals surface area contributed by atoms with Crippen molar-refractivity contribution in [3.63, 3.8) is 0 Å². The van der Waals surface area contributed by atoms with Crippen LogP contribution in [0.2, 0.25) is 0 Å². The first kappa shape index (κ1) is 8.52. The van der Waals surface area contributed by atoms with Crippen LogP contribution in [0.15, 0.2) is 0 Å². The summed E-state index contributed by atoms with van der Waals surface area (Å²) in [7, 11) is 0. The number of hydrogen-bond acceptors (Lipinski definition) is 2. The van der Waals surface area contributed by atoms with Crippen molar-refractivity contribution in [1.29, 1.82) is 0 Å². The second-order valence-corrected chi connectivity index (χ2v) is 4.28. The van der Waals surface area contributed by atoms with E-state index in [-0.39, 0.29) is 0 Å². The first-order valence-electron chi connectivity index (χ1n) is 5.18. The summed E-state index contributed by atoms with van der Waals surface area (Å²) in [6.45, 7) is 5.49. The fourth-order valence-electron chi connectivity index (χ4n) is 2.37. The zero-order valence-corrected chi connectivity index (χ0v) is 7.96. The zero-order chi connectivity index (χ0) is 8.39. The third-order valence-corrected chi connectivity index (χ3v) is 3.18. The van der Waals surface area contributed by atoms with Crippen molar-refractivity contribution in [3.05, 3.63) is 0 Å². The molecule has 2 fully saturated rings. The molecule has 0 radical (unpaired) electrons. The predicted octanol–water partition coefficient (Wildman–Crippen LogP) is 1.85. The molecule has 0 aromatic heterocycles. The van der Waals surface area contributed by atoms with Crippen LogP contribution in [0.3, 0.4) is 0 Å². The normalized spacial score (nSPS) is 38.8. The van der Waals surface area contributed by atoms with Gasteiger partial charge >= 0.3 is 0 Å². The maximum Gasteiger partial charge on any atom is 0.0992 e. The van der Waals surface area contributed by atoms with Gasteiger partial charge in [0.1, 0.15) is 0 Å². The van der Waals surface area contributed by atoms with Crippen LogP contribution in [0.1, 0.15) is 32.6 Å². The lowest BCUT2D eigenvalue weighted by Crippen LogP contribution is -2.41. The summed E-state index contributed by atoms with van der Waals surface area (Å²) in [5, 5.41) is 0. The van der Waals surface area contributed by atoms with Crippen molar-refractivity contribution in [2.75, 3.05) is 19.9 Å². The number of piperidine rings is 1. The van der Waals surface area contributed by atoms with Crippen molar-refractivity contribution in [2.24, 2.45) is 5.92 Å². The van der Waals surface area contributed by atoms with Crippen LogP contribution < -0.4 is 0 Å². The molecule has 2 heterocycles. The molecule has 0 aromatic carbocycles. The first-order chi connectivity index (χ1) is 5.86. The van der Waals surface area contributed by atoms with Crippen LogP contribution >= 0.6 is 0 Å². The minimum absolute atomic E-state index is 0.830. The molecule has 2 aliphatic heterocycles. The first-order valence-corrected chi connectivity index (χ1v) is 5.18. The second-order valence-electron chi connectivity index (χ2n) is 4.28.